The summed E-state index contributed by atoms with van der Waals surface area (Å²) in [6, 6.07) is 11.2. The minimum atomic E-state index is -0.192. The van der Waals surface area contributed by atoms with Gasteiger partial charge in [0, 0.05) is 12.4 Å². The maximum Gasteiger partial charge on any atom is 0.259 e. The second-order valence-electron chi connectivity index (χ2n) is 3.68. The summed E-state index contributed by atoms with van der Waals surface area (Å²) in [6.07, 6.45) is 3.16. The summed E-state index contributed by atoms with van der Waals surface area (Å²) in [4.78, 5) is 20.2. The molecule has 4 nitrogen and oxygen atoms in total. The van der Waals surface area contributed by atoms with E-state index in [-0.39, 0.29) is 5.91 Å². The van der Waals surface area contributed by atoms with E-state index in [2.05, 4.69) is 15.3 Å². The molecule has 2 aromatic heterocycles. The van der Waals surface area contributed by atoms with Crippen molar-refractivity contribution in [2.24, 2.45) is 0 Å². The van der Waals surface area contributed by atoms with Crippen molar-refractivity contribution in [2.75, 3.05) is 5.32 Å². The topological polar surface area (TPSA) is 54.9 Å². The number of benzene rings is 1. The number of fused-ring (bicyclic) bond motifs is 1. The third-order valence-corrected chi connectivity index (χ3v) is 3.39. The van der Waals surface area contributed by atoms with E-state index < -0.39 is 0 Å². The van der Waals surface area contributed by atoms with Crippen LogP contribution in [0.15, 0.2) is 48.8 Å². The Balaban J connectivity index is 1.86. The van der Waals surface area contributed by atoms with Crippen molar-refractivity contribution in [3.8, 4) is 0 Å². The van der Waals surface area contributed by atoms with Gasteiger partial charge in [-0.2, -0.15) is 0 Å². The van der Waals surface area contributed by atoms with Crippen molar-refractivity contribution < 1.29 is 4.79 Å². The summed E-state index contributed by atoms with van der Waals surface area (Å²) in [5.74, 6) is -0.192. The maximum absolute atomic E-state index is 11.9. The highest BCUT2D eigenvalue weighted by Gasteiger charge is 2.09. The monoisotopic (exact) mass is 255 g/mol. The third kappa shape index (κ3) is 2.08. The van der Waals surface area contributed by atoms with Gasteiger partial charge in [-0.05, 0) is 24.3 Å². The third-order valence-electron chi connectivity index (χ3n) is 2.44. The first-order valence-corrected chi connectivity index (χ1v) is 6.21. The van der Waals surface area contributed by atoms with Crippen LogP contribution in [0.5, 0.6) is 0 Å². The second-order valence-corrected chi connectivity index (χ2v) is 4.71. The number of rotatable bonds is 2. The highest BCUT2D eigenvalue weighted by Crippen LogP contribution is 2.25. The van der Waals surface area contributed by atoms with Gasteiger partial charge in [0.2, 0.25) is 0 Å². The molecule has 18 heavy (non-hydrogen) atoms. The Morgan fingerprint density at radius 1 is 1.17 bits per heavy atom. The smallest absolute Gasteiger partial charge is 0.259 e. The molecule has 3 rings (SSSR count). The Labute approximate surface area is 107 Å². The first-order chi connectivity index (χ1) is 8.83. The normalized spacial score (nSPS) is 10.4. The van der Waals surface area contributed by atoms with Gasteiger partial charge in [0.05, 0.1) is 15.8 Å². The lowest BCUT2D eigenvalue weighted by atomic mass is 10.3. The van der Waals surface area contributed by atoms with Gasteiger partial charge in [0.15, 0.2) is 5.13 Å². The minimum Gasteiger partial charge on any atom is -0.298 e. The number of aromatic nitrogens is 2. The van der Waals surface area contributed by atoms with E-state index in [1.165, 1.54) is 17.5 Å². The molecular weight excluding hydrogens is 246 g/mol. The van der Waals surface area contributed by atoms with Crippen LogP contribution in [0.1, 0.15) is 10.4 Å². The van der Waals surface area contributed by atoms with Crippen molar-refractivity contribution in [1.82, 2.24) is 9.97 Å². The van der Waals surface area contributed by atoms with Gasteiger partial charge in [-0.3, -0.25) is 15.1 Å². The van der Waals surface area contributed by atoms with Crippen LogP contribution in [0.4, 0.5) is 5.13 Å². The number of hydrogen-bond donors (Lipinski definition) is 1. The summed E-state index contributed by atoms with van der Waals surface area (Å²) < 4.78 is 1.05. The largest absolute Gasteiger partial charge is 0.298 e. The molecule has 88 valence electrons. The standard InChI is InChI=1S/C13H9N3OS/c17-12(9-4-3-7-14-8-9)16-13-15-10-5-1-2-6-11(10)18-13/h1-8H,(H,15,16,17). The highest BCUT2D eigenvalue weighted by atomic mass is 32.1. The number of pyridine rings is 1. The van der Waals surface area contributed by atoms with E-state index >= 15 is 0 Å². The molecule has 0 spiro atoms. The SMILES string of the molecule is O=C(Nc1nc2ccccc2s1)c1cccnc1. The van der Waals surface area contributed by atoms with Crippen molar-refractivity contribution in [2.45, 2.75) is 0 Å². The van der Waals surface area contributed by atoms with Crippen LogP contribution >= 0.6 is 11.3 Å². The number of nitrogens with one attached hydrogen (secondary N) is 1. The number of carbonyl (C=O) groups excluding carboxylic acids is 1. The molecule has 0 atom stereocenters. The molecular formula is C13H9N3OS. The average molecular weight is 255 g/mol. The van der Waals surface area contributed by atoms with Gasteiger partial charge >= 0.3 is 0 Å². The summed E-state index contributed by atoms with van der Waals surface area (Å²) in [5, 5.41) is 3.38. The Morgan fingerprint density at radius 3 is 2.83 bits per heavy atom. The van der Waals surface area contributed by atoms with Crippen LogP contribution in [0.3, 0.4) is 0 Å². The fourth-order valence-electron chi connectivity index (χ4n) is 1.59. The molecule has 2 heterocycles. The molecule has 1 aromatic carbocycles. The number of hydrogen-bond acceptors (Lipinski definition) is 4. The summed E-state index contributed by atoms with van der Waals surface area (Å²) in [5.41, 5.74) is 1.42. The molecule has 0 saturated carbocycles. The molecule has 0 fully saturated rings. The van der Waals surface area contributed by atoms with Crippen LogP contribution in [-0.4, -0.2) is 15.9 Å². The van der Waals surface area contributed by atoms with Gasteiger partial charge in [-0.25, -0.2) is 4.98 Å². The second kappa shape index (κ2) is 4.54. The first kappa shape index (κ1) is 10.9. The molecule has 5 heteroatoms. The van der Waals surface area contributed by atoms with E-state index in [9.17, 15) is 4.79 Å². The fourth-order valence-corrected chi connectivity index (χ4v) is 2.45. The molecule has 3 aromatic rings. The zero-order valence-corrected chi connectivity index (χ0v) is 10.1. The van der Waals surface area contributed by atoms with Gasteiger partial charge in [-0.1, -0.05) is 23.5 Å². The van der Waals surface area contributed by atoms with Crippen molar-refractivity contribution in [3.63, 3.8) is 0 Å². The lowest BCUT2D eigenvalue weighted by Crippen LogP contribution is -2.11. The van der Waals surface area contributed by atoms with E-state index in [0.717, 1.165) is 10.2 Å². The lowest BCUT2D eigenvalue weighted by molar-refractivity contribution is 0.102. The molecule has 0 aliphatic heterocycles. The molecule has 1 amide bonds. The van der Waals surface area contributed by atoms with Crippen molar-refractivity contribution in [3.05, 3.63) is 54.4 Å². The summed E-state index contributed by atoms with van der Waals surface area (Å²) >= 11 is 1.46. The molecule has 0 radical (unpaired) electrons. The van der Waals surface area contributed by atoms with E-state index in [1.807, 2.05) is 24.3 Å². The van der Waals surface area contributed by atoms with Crippen molar-refractivity contribution in [1.29, 1.82) is 0 Å². The average Bonchev–Trinajstić information content (AvgIpc) is 2.82. The predicted octanol–water partition coefficient (Wildman–Crippen LogP) is 2.94. The maximum atomic E-state index is 11.9. The number of thiazole rings is 1. The fraction of sp³-hybridized carbons (Fsp3) is 0. The van der Waals surface area contributed by atoms with Gasteiger partial charge in [-0.15, -0.1) is 0 Å². The summed E-state index contributed by atoms with van der Waals surface area (Å²) in [6.45, 7) is 0. The number of anilines is 1. The highest BCUT2D eigenvalue weighted by molar-refractivity contribution is 7.22. The first-order valence-electron chi connectivity index (χ1n) is 5.40. The molecule has 0 aliphatic carbocycles. The number of carbonyl (C=O) groups is 1. The van der Waals surface area contributed by atoms with Crippen molar-refractivity contribution >= 4 is 32.6 Å². The van der Waals surface area contributed by atoms with E-state index in [1.54, 1.807) is 18.3 Å². The number of nitrogens with zero attached hydrogens (tertiary/aromatic N) is 2. The van der Waals surface area contributed by atoms with Crippen LogP contribution in [0.25, 0.3) is 10.2 Å². The van der Waals surface area contributed by atoms with Gasteiger partial charge in [0.25, 0.3) is 5.91 Å². The minimum absolute atomic E-state index is 0.192. The zero-order chi connectivity index (χ0) is 12.4. The Hall–Kier alpha value is -2.27. The Morgan fingerprint density at radius 2 is 2.06 bits per heavy atom. The lowest BCUT2D eigenvalue weighted by Gasteiger charge is -1.99. The van der Waals surface area contributed by atoms with Crippen LogP contribution in [0.2, 0.25) is 0 Å². The molecule has 0 saturated heterocycles. The molecule has 0 aliphatic rings. The number of para-hydroxylation sites is 1. The predicted molar refractivity (Wildman–Crippen MR) is 71.8 cm³/mol. The summed E-state index contributed by atoms with van der Waals surface area (Å²) in [7, 11) is 0. The molecule has 1 N–H and O–H groups in total. The Kier molecular flexibility index (Phi) is 2.74. The Bertz CT molecular complexity index is 661. The van der Waals surface area contributed by atoms with Crippen LogP contribution in [0, 0.1) is 0 Å². The van der Waals surface area contributed by atoms with Gasteiger partial charge in [0.1, 0.15) is 0 Å². The van der Waals surface area contributed by atoms with Gasteiger partial charge < -0.3 is 0 Å². The van der Waals surface area contributed by atoms with Crippen LogP contribution in [-0.2, 0) is 0 Å². The van der Waals surface area contributed by atoms with E-state index in [4.69, 9.17) is 0 Å². The number of amides is 1. The molecule has 0 bridgehead atoms. The zero-order valence-electron chi connectivity index (χ0n) is 9.33. The van der Waals surface area contributed by atoms with E-state index in [0.29, 0.717) is 10.7 Å². The molecule has 0 unspecified atom stereocenters. The van der Waals surface area contributed by atoms with Crippen LogP contribution < -0.4 is 5.32 Å². The quantitative estimate of drug-likeness (QED) is 0.766.